The molecule has 2 aromatic carbocycles. The molecule has 2 N–H and O–H groups in total. The number of primary amides is 1. The van der Waals surface area contributed by atoms with E-state index in [1.807, 2.05) is 0 Å². The van der Waals surface area contributed by atoms with Crippen molar-refractivity contribution in [3.8, 4) is 11.5 Å². The molecule has 0 aliphatic carbocycles. The minimum Gasteiger partial charge on any atom is -0.457 e. The first-order chi connectivity index (χ1) is 10.5. The Morgan fingerprint density at radius 3 is 2.55 bits per heavy atom. The molecular formula is C15H13Cl2NO3S. The summed E-state index contributed by atoms with van der Waals surface area (Å²) in [6.45, 7) is 0. The fourth-order valence-electron chi connectivity index (χ4n) is 1.77. The lowest BCUT2D eigenvalue weighted by molar-refractivity contribution is -0.115. The van der Waals surface area contributed by atoms with Crippen LogP contribution in [0.15, 0.2) is 42.5 Å². The molecule has 0 aliphatic heterocycles. The van der Waals surface area contributed by atoms with Crippen molar-refractivity contribution in [2.75, 3.05) is 5.75 Å². The summed E-state index contributed by atoms with van der Waals surface area (Å²) in [6.07, 6.45) is 0. The van der Waals surface area contributed by atoms with E-state index in [0.29, 0.717) is 27.1 Å². The van der Waals surface area contributed by atoms with Crippen LogP contribution in [0.4, 0.5) is 0 Å². The fraction of sp³-hybridized carbons (Fsp3) is 0.133. The molecule has 1 amide bonds. The number of benzene rings is 2. The molecule has 1 atom stereocenters. The van der Waals surface area contributed by atoms with Crippen LogP contribution in [0.1, 0.15) is 5.56 Å². The first-order valence-corrected chi connectivity index (χ1v) is 8.54. The molecule has 0 heterocycles. The predicted octanol–water partition coefficient (Wildman–Crippen LogP) is 3.52. The third-order valence-electron chi connectivity index (χ3n) is 2.71. The van der Waals surface area contributed by atoms with Crippen LogP contribution in [-0.2, 0) is 21.3 Å². The lowest BCUT2D eigenvalue weighted by Crippen LogP contribution is -2.20. The number of ether oxygens (including phenoxy) is 1. The molecule has 0 radical (unpaired) electrons. The number of amides is 1. The molecule has 0 unspecified atom stereocenters. The molecule has 7 heteroatoms. The van der Waals surface area contributed by atoms with Crippen LogP contribution in [-0.4, -0.2) is 15.9 Å². The van der Waals surface area contributed by atoms with Crippen LogP contribution in [0, 0.1) is 0 Å². The number of para-hydroxylation sites is 1. The SMILES string of the molecule is NC(=O)C[S@](=O)Cc1ccccc1Oc1ccc(Cl)c(Cl)c1. The Kier molecular flexibility index (Phi) is 5.83. The number of carbonyl (C=O) groups excluding carboxylic acids is 1. The average molecular weight is 358 g/mol. The predicted molar refractivity (Wildman–Crippen MR) is 88.9 cm³/mol. The van der Waals surface area contributed by atoms with Crippen LogP contribution in [0.5, 0.6) is 11.5 Å². The maximum atomic E-state index is 11.8. The van der Waals surface area contributed by atoms with Gasteiger partial charge in [-0.1, -0.05) is 41.4 Å². The second kappa shape index (κ2) is 7.63. The number of nitrogens with two attached hydrogens (primary N) is 1. The van der Waals surface area contributed by atoms with Gasteiger partial charge in [-0.25, -0.2) is 0 Å². The van der Waals surface area contributed by atoms with Crippen LogP contribution in [0.2, 0.25) is 10.0 Å². The molecule has 2 aromatic rings. The molecule has 22 heavy (non-hydrogen) atoms. The average Bonchev–Trinajstić information content (AvgIpc) is 2.44. The molecule has 0 aromatic heterocycles. The highest BCUT2D eigenvalue weighted by atomic mass is 35.5. The van der Waals surface area contributed by atoms with Crippen molar-refractivity contribution >= 4 is 39.9 Å². The highest BCUT2D eigenvalue weighted by Gasteiger charge is 2.11. The van der Waals surface area contributed by atoms with Crippen molar-refractivity contribution in [1.29, 1.82) is 0 Å². The molecule has 116 valence electrons. The molecule has 2 rings (SSSR count). The van der Waals surface area contributed by atoms with Gasteiger partial charge in [-0.15, -0.1) is 0 Å². The molecule has 0 aliphatic rings. The maximum absolute atomic E-state index is 11.8. The smallest absolute Gasteiger partial charge is 0.230 e. The van der Waals surface area contributed by atoms with Gasteiger partial charge in [0.25, 0.3) is 0 Å². The topological polar surface area (TPSA) is 69.4 Å². The minimum atomic E-state index is -1.38. The number of rotatable bonds is 6. The number of hydrogen-bond acceptors (Lipinski definition) is 3. The fourth-order valence-corrected chi connectivity index (χ4v) is 3.07. The zero-order chi connectivity index (χ0) is 16.1. The van der Waals surface area contributed by atoms with Gasteiger partial charge < -0.3 is 10.5 Å². The summed E-state index contributed by atoms with van der Waals surface area (Å²) in [5, 5.41) is 0.818. The summed E-state index contributed by atoms with van der Waals surface area (Å²) in [7, 11) is -1.38. The molecule has 0 fully saturated rings. The minimum absolute atomic E-state index is 0.179. The third kappa shape index (κ3) is 4.73. The van der Waals surface area contributed by atoms with Crippen LogP contribution >= 0.6 is 23.2 Å². The number of hydrogen-bond donors (Lipinski definition) is 1. The van der Waals surface area contributed by atoms with E-state index < -0.39 is 16.7 Å². The monoisotopic (exact) mass is 357 g/mol. The van der Waals surface area contributed by atoms with E-state index in [1.54, 1.807) is 42.5 Å². The summed E-state index contributed by atoms with van der Waals surface area (Å²) in [6, 6.07) is 12.1. The summed E-state index contributed by atoms with van der Waals surface area (Å²) in [5.74, 6) is 0.462. The molecule has 0 bridgehead atoms. The lowest BCUT2D eigenvalue weighted by atomic mass is 10.2. The van der Waals surface area contributed by atoms with Gasteiger partial charge in [-0.3, -0.25) is 9.00 Å². The Hall–Kier alpha value is -1.56. The molecule has 4 nitrogen and oxygen atoms in total. The van der Waals surface area contributed by atoms with E-state index in [9.17, 15) is 9.00 Å². The normalized spacial score (nSPS) is 11.9. The van der Waals surface area contributed by atoms with Crippen molar-refractivity contribution in [3.05, 3.63) is 58.1 Å². The van der Waals surface area contributed by atoms with Gasteiger partial charge in [0.15, 0.2) is 0 Å². The Balaban J connectivity index is 2.19. The van der Waals surface area contributed by atoms with Gasteiger partial charge in [0.1, 0.15) is 17.3 Å². The van der Waals surface area contributed by atoms with Gasteiger partial charge in [-0.2, -0.15) is 0 Å². The molecule has 0 saturated carbocycles. The Morgan fingerprint density at radius 1 is 1.14 bits per heavy atom. The van der Waals surface area contributed by atoms with E-state index in [4.69, 9.17) is 33.7 Å². The second-order valence-electron chi connectivity index (χ2n) is 4.48. The van der Waals surface area contributed by atoms with E-state index in [0.717, 1.165) is 0 Å². The number of halogens is 2. The lowest BCUT2D eigenvalue weighted by Gasteiger charge is -2.11. The zero-order valence-electron chi connectivity index (χ0n) is 11.4. The highest BCUT2D eigenvalue weighted by molar-refractivity contribution is 7.84. The summed E-state index contributed by atoms with van der Waals surface area (Å²) >= 11 is 11.8. The first kappa shape index (κ1) is 16.8. The van der Waals surface area contributed by atoms with Gasteiger partial charge >= 0.3 is 0 Å². The van der Waals surface area contributed by atoms with E-state index in [1.165, 1.54) is 0 Å². The quantitative estimate of drug-likeness (QED) is 0.859. The molecule has 0 spiro atoms. The zero-order valence-corrected chi connectivity index (χ0v) is 13.8. The van der Waals surface area contributed by atoms with Crippen LogP contribution in [0.3, 0.4) is 0 Å². The highest BCUT2D eigenvalue weighted by Crippen LogP contribution is 2.31. The van der Waals surface area contributed by atoms with Crippen LogP contribution < -0.4 is 10.5 Å². The van der Waals surface area contributed by atoms with E-state index in [-0.39, 0.29) is 11.5 Å². The second-order valence-corrected chi connectivity index (χ2v) is 6.75. The van der Waals surface area contributed by atoms with Gasteiger partial charge in [-0.05, 0) is 18.2 Å². The number of carbonyl (C=O) groups is 1. The maximum Gasteiger partial charge on any atom is 0.230 e. The molecular weight excluding hydrogens is 345 g/mol. The van der Waals surface area contributed by atoms with Crippen molar-refractivity contribution < 1.29 is 13.7 Å². The third-order valence-corrected chi connectivity index (χ3v) is 4.69. The Labute approximate surface area is 140 Å². The standard InChI is InChI=1S/C15H13Cl2NO3S/c16-12-6-5-11(7-13(12)17)21-14-4-2-1-3-10(14)8-22(20)9-15(18)19/h1-7H,8-9H2,(H2,18,19)/t22-/m1/s1. The van der Waals surface area contributed by atoms with E-state index in [2.05, 4.69) is 0 Å². The van der Waals surface area contributed by atoms with Crippen LogP contribution in [0.25, 0.3) is 0 Å². The van der Waals surface area contributed by atoms with E-state index >= 15 is 0 Å². The summed E-state index contributed by atoms with van der Waals surface area (Å²) in [4.78, 5) is 10.8. The first-order valence-electron chi connectivity index (χ1n) is 6.30. The van der Waals surface area contributed by atoms with Gasteiger partial charge in [0.05, 0.1) is 15.8 Å². The summed E-state index contributed by atoms with van der Waals surface area (Å²) in [5.41, 5.74) is 5.76. The van der Waals surface area contributed by atoms with Crippen molar-refractivity contribution in [2.24, 2.45) is 5.73 Å². The largest absolute Gasteiger partial charge is 0.457 e. The van der Waals surface area contributed by atoms with Crippen molar-refractivity contribution in [2.45, 2.75) is 5.75 Å². The molecule has 0 saturated heterocycles. The summed E-state index contributed by atoms with van der Waals surface area (Å²) < 4.78 is 17.6. The van der Waals surface area contributed by atoms with Crippen molar-refractivity contribution in [1.82, 2.24) is 0 Å². The van der Waals surface area contributed by atoms with Gasteiger partial charge in [0, 0.05) is 22.4 Å². The Morgan fingerprint density at radius 2 is 1.86 bits per heavy atom. The Bertz CT molecular complexity index is 722. The van der Waals surface area contributed by atoms with Crippen molar-refractivity contribution in [3.63, 3.8) is 0 Å². The van der Waals surface area contributed by atoms with Gasteiger partial charge in [0.2, 0.25) is 5.91 Å².